The number of carbonyl (C=O) groups excluding carboxylic acids is 1. The summed E-state index contributed by atoms with van der Waals surface area (Å²) in [5.74, 6) is -1.14. The Bertz CT molecular complexity index is 1100. The van der Waals surface area contributed by atoms with Crippen molar-refractivity contribution in [3.05, 3.63) is 59.2 Å². The molecule has 0 saturated carbocycles. The fraction of sp³-hybridized carbons (Fsp3) is 0.348. The Labute approximate surface area is 179 Å². The van der Waals surface area contributed by atoms with Crippen molar-refractivity contribution in [1.29, 1.82) is 0 Å². The molecule has 0 saturated heterocycles. The van der Waals surface area contributed by atoms with Gasteiger partial charge in [0.25, 0.3) is 0 Å². The number of hydrogen-bond acceptors (Lipinski definition) is 5. The molecule has 1 aliphatic rings. The molecule has 6 nitrogen and oxygen atoms in total. The van der Waals surface area contributed by atoms with E-state index < -0.39 is 11.4 Å². The molecule has 1 heterocycles. The minimum atomic E-state index is -0.974. The van der Waals surface area contributed by atoms with Gasteiger partial charge in [0.2, 0.25) is 5.91 Å². The van der Waals surface area contributed by atoms with Crippen molar-refractivity contribution in [1.82, 2.24) is 9.88 Å². The summed E-state index contributed by atoms with van der Waals surface area (Å²) >= 11 is 1.46. The zero-order valence-electron chi connectivity index (χ0n) is 17.4. The van der Waals surface area contributed by atoms with E-state index in [0.29, 0.717) is 18.0 Å². The summed E-state index contributed by atoms with van der Waals surface area (Å²) in [5, 5.41) is 10.1. The molecule has 0 atom stereocenters. The number of nitrogens with zero attached hydrogens (tertiary/aromatic N) is 3. The lowest BCUT2D eigenvalue weighted by atomic mass is 9.80. The van der Waals surface area contributed by atoms with E-state index in [1.807, 2.05) is 50.5 Å². The van der Waals surface area contributed by atoms with E-state index in [1.165, 1.54) is 16.9 Å². The zero-order valence-corrected chi connectivity index (χ0v) is 18.2. The second-order valence-electron chi connectivity index (χ2n) is 8.37. The fourth-order valence-electron chi connectivity index (χ4n) is 4.34. The molecule has 156 valence electrons. The normalized spacial score (nSPS) is 14.8. The zero-order chi connectivity index (χ0) is 21.5. The van der Waals surface area contributed by atoms with Crippen LogP contribution >= 0.6 is 11.3 Å². The number of rotatable bonds is 6. The number of fused-ring (bicyclic) bond motifs is 2. The first kappa shape index (κ1) is 20.5. The lowest BCUT2D eigenvalue weighted by Crippen LogP contribution is -2.44. The number of benzene rings is 2. The van der Waals surface area contributed by atoms with Gasteiger partial charge in [-0.3, -0.25) is 14.5 Å². The number of aromatic nitrogens is 1. The van der Waals surface area contributed by atoms with E-state index >= 15 is 0 Å². The van der Waals surface area contributed by atoms with Crippen LogP contribution in [-0.2, 0) is 29.0 Å². The van der Waals surface area contributed by atoms with Crippen molar-refractivity contribution in [3.8, 4) is 0 Å². The monoisotopic (exact) mass is 423 g/mol. The second-order valence-corrected chi connectivity index (χ2v) is 9.38. The van der Waals surface area contributed by atoms with Gasteiger partial charge in [-0.1, -0.05) is 41.7 Å². The van der Waals surface area contributed by atoms with Gasteiger partial charge in [0.05, 0.1) is 22.1 Å². The van der Waals surface area contributed by atoms with Gasteiger partial charge < -0.3 is 10.0 Å². The van der Waals surface area contributed by atoms with E-state index in [4.69, 9.17) is 0 Å². The summed E-state index contributed by atoms with van der Waals surface area (Å²) < 4.78 is 1.02. The Morgan fingerprint density at radius 3 is 2.37 bits per heavy atom. The molecule has 2 aromatic carbocycles. The third-order valence-corrected chi connectivity index (χ3v) is 6.75. The van der Waals surface area contributed by atoms with E-state index in [9.17, 15) is 14.7 Å². The first-order valence-electron chi connectivity index (χ1n) is 9.88. The highest BCUT2D eigenvalue weighted by atomic mass is 32.1. The molecule has 1 amide bonds. The van der Waals surface area contributed by atoms with E-state index in [-0.39, 0.29) is 12.3 Å². The van der Waals surface area contributed by atoms with Gasteiger partial charge in [-0.15, -0.1) is 0 Å². The quantitative estimate of drug-likeness (QED) is 0.656. The summed E-state index contributed by atoms with van der Waals surface area (Å²) in [6.07, 6.45) is 0.690. The number of anilines is 1. The van der Waals surface area contributed by atoms with Gasteiger partial charge in [-0.05, 0) is 55.8 Å². The van der Waals surface area contributed by atoms with Crippen LogP contribution in [0.3, 0.4) is 0 Å². The Kier molecular flexibility index (Phi) is 5.34. The molecular weight excluding hydrogens is 398 g/mol. The number of hydrogen-bond donors (Lipinski definition) is 1. The van der Waals surface area contributed by atoms with Crippen molar-refractivity contribution < 1.29 is 14.7 Å². The maximum absolute atomic E-state index is 13.6. The molecule has 0 bridgehead atoms. The standard InChI is InChI=1S/C23H25N3O3S/c1-25(2)14-15-8-9-18-19(10-15)30-22(24-18)26(3)21(29)23(13-20(27)28)11-16-6-4-5-7-17(16)12-23/h4-10H,11-14H2,1-3H3,(H,27,28). The summed E-state index contributed by atoms with van der Waals surface area (Å²) in [5.41, 5.74) is 3.17. The first-order valence-corrected chi connectivity index (χ1v) is 10.7. The minimum absolute atomic E-state index is 0.186. The average Bonchev–Trinajstić information content (AvgIpc) is 3.26. The van der Waals surface area contributed by atoms with Crippen LogP contribution in [0.15, 0.2) is 42.5 Å². The van der Waals surface area contributed by atoms with Crippen molar-refractivity contribution >= 4 is 38.6 Å². The topological polar surface area (TPSA) is 73.7 Å². The van der Waals surface area contributed by atoms with Crippen LogP contribution < -0.4 is 4.90 Å². The number of aliphatic carboxylic acids is 1. The molecule has 0 spiro atoms. The highest BCUT2D eigenvalue weighted by molar-refractivity contribution is 7.22. The Morgan fingerprint density at radius 2 is 1.77 bits per heavy atom. The smallest absolute Gasteiger partial charge is 0.304 e. The first-order chi connectivity index (χ1) is 14.3. The lowest BCUT2D eigenvalue weighted by Gasteiger charge is -2.30. The molecule has 0 unspecified atom stereocenters. The average molecular weight is 424 g/mol. The number of thiazole rings is 1. The van der Waals surface area contributed by atoms with Crippen LogP contribution in [0.25, 0.3) is 10.2 Å². The maximum Gasteiger partial charge on any atom is 0.304 e. The van der Waals surface area contributed by atoms with E-state index in [2.05, 4.69) is 16.0 Å². The molecule has 0 fully saturated rings. The molecule has 1 aromatic heterocycles. The highest BCUT2D eigenvalue weighted by Gasteiger charge is 2.47. The highest BCUT2D eigenvalue weighted by Crippen LogP contribution is 2.42. The summed E-state index contributed by atoms with van der Waals surface area (Å²) in [7, 11) is 5.75. The number of carbonyl (C=O) groups is 2. The Hall–Kier alpha value is -2.77. The van der Waals surface area contributed by atoms with Crippen LogP contribution in [0, 0.1) is 5.41 Å². The van der Waals surface area contributed by atoms with Gasteiger partial charge in [0, 0.05) is 13.6 Å². The van der Waals surface area contributed by atoms with Crippen LogP contribution in [0.4, 0.5) is 5.13 Å². The number of amides is 1. The molecule has 4 rings (SSSR count). The summed E-state index contributed by atoms with van der Waals surface area (Å²) in [4.78, 5) is 33.5. The molecule has 0 radical (unpaired) electrons. The third kappa shape index (κ3) is 3.82. The predicted molar refractivity (Wildman–Crippen MR) is 119 cm³/mol. The van der Waals surface area contributed by atoms with Gasteiger partial charge in [0.15, 0.2) is 5.13 Å². The molecule has 0 aliphatic heterocycles. The summed E-state index contributed by atoms with van der Waals surface area (Å²) in [6.45, 7) is 0.831. The van der Waals surface area contributed by atoms with Gasteiger partial charge in [0.1, 0.15) is 0 Å². The second kappa shape index (κ2) is 7.81. The third-order valence-electron chi connectivity index (χ3n) is 5.65. The van der Waals surface area contributed by atoms with Crippen molar-refractivity contribution in [3.63, 3.8) is 0 Å². The van der Waals surface area contributed by atoms with Gasteiger partial charge in [-0.2, -0.15) is 0 Å². The fourth-order valence-corrected chi connectivity index (χ4v) is 5.33. The number of carboxylic acid groups (broad SMARTS) is 1. The Morgan fingerprint density at radius 1 is 1.10 bits per heavy atom. The van der Waals surface area contributed by atoms with E-state index in [0.717, 1.165) is 27.9 Å². The largest absolute Gasteiger partial charge is 0.481 e. The van der Waals surface area contributed by atoms with Crippen LogP contribution in [-0.4, -0.2) is 48.0 Å². The van der Waals surface area contributed by atoms with Crippen LogP contribution in [0.5, 0.6) is 0 Å². The molecule has 30 heavy (non-hydrogen) atoms. The predicted octanol–water partition coefficient (Wildman–Crippen LogP) is 3.58. The minimum Gasteiger partial charge on any atom is -0.481 e. The van der Waals surface area contributed by atoms with Gasteiger partial charge >= 0.3 is 5.97 Å². The van der Waals surface area contributed by atoms with Crippen LogP contribution in [0.1, 0.15) is 23.1 Å². The van der Waals surface area contributed by atoms with Crippen molar-refractivity contribution in [2.24, 2.45) is 5.41 Å². The number of carboxylic acids is 1. The van der Waals surface area contributed by atoms with Crippen molar-refractivity contribution in [2.45, 2.75) is 25.8 Å². The molecular formula is C23H25N3O3S. The molecule has 7 heteroatoms. The van der Waals surface area contributed by atoms with Gasteiger partial charge in [-0.25, -0.2) is 4.98 Å². The molecule has 1 N–H and O–H groups in total. The molecule has 3 aromatic rings. The maximum atomic E-state index is 13.6. The van der Waals surface area contributed by atoms with Crippen LogP contribution in [0.2, 0.25) is 0 Å². The molecule has 1 aliphatic carbocycles. The Balaban J connectivity index is 1.65. The summed E-state index contributed by atoms with van der Waals surface area (Å²) in [6, 6.07) is 14.0. The lowest BCUT2D eigenvalue weighted by molar-refractivity contribution is -0.144. The van der Waals surface area contributed by atoms with Crippen molar-refractivity contribution in [2.75, 3.05) is 26.0 Å². The SMILES string of the molecule is CN(C)Cc1ccc2nc(N(C)C(=O)C3(CC(=O)O)Cc4ccccc4C3)sc2c1. The van der Waals surface area contributed by atoms with E-state index in [1.54, 1.807) is 11.9 Å².